The number of hydrogen-bond acceptors (Lipinski definition) is 6. The number of nitrogens with one attached hydrogen (secondary N) is 1. The van der Waals surface area contributed by atoms with Gasteiger partial charge in [-0.15, -0.1) is 0 Å². The average molecular weight is 227 g/mol. The van der Waals surface area contributed by atoms with E-state index in [1.54, 1.807) is 0 Å². The Kier molecular flexibility index (Phi) is 4.26. The lowest BCUT2D eigenvalue weighted by atomic mass is 10.2. The van der Waals surface area contributed by atoms with E-state index in [2.05, 4.69) is 15.5 Å². The molecular formula is C10H17N3O3. The SMILES string of the molecule is Cc1noc(CCNCC2CCOCO2)n1. The minimum Gasteiger partial charge on any atom is -0.355 e. The first-order chi connectivity index (χ1) is 7.84. The van der Waals surface area contributed by atoms with Crippen LogP contribution in [0.4, 0.5) is 0 Å². The maximum Gasteiger partial charge on any atom is 0.227 e. The van der Waals surface area contributed by atoms with Crippen molar-refractivity contribution < 1.29 is 14.0 Å². The molecule has 1 aliphatic heterocycles. The van der Waals surface area contributed by atoms with Crippen molar-refractivity contribution in [1.82, 2.24) is 15.5 Å². The first-order valence-electron chi connectivity index (χ1n) is 5.54. The summed E-state index contributed by atoms with van der Waals surface area (Å²) in [6, 6.07) is 0. The van der Waals surface area contributed by atoms with Crippen molar-refractivity contribution in [2.24, 2.45) is 0 Å². The number of aromatic nitrogens is 2. The molecule has 1 saturated heterocycles. The maximum atomic E-state index is 5.40. The first-order valence-corrected chi connectivity index (χ1v) is 5.54. The fourth-order valence-electron chi connectivity index (χ4n) is 1.56. The lowest BCUT2D eigenvalue weighted by Crippen LogP contribution is -2.34. The zero-order chi connectivity index (χ0) is 11.2. The minimum atomic E-state index is 0.262. The minimum absolute atomic E-state index is 0.262. The second-order valence-electron chi connectivity index (χ2n) is 3.79. The normalized spacial score (nSPS) is 21.2. The highest BCUT2D eigenvalue weighted by molar-refractivity contribution is 4.83. The predicted molar refractivity (Wildman–Crippen MR) is 55.9 cm³/mol. The van der Waals surface area contributed by atoms with Gasteiger partial charge in [0.05, 0.1) is 12.7 Å². The van der Waals surface area contributed by atoms with Gasteiger partial charge in [0.15, 0.2) is 5.82 Å². The summed E-state index contributed by atoms with van der Waals surface area (Å²) >= 11 is 0. The van der Waals surface area contributed by atoms with Crippen molar-refractivity contribution in [1.29, 1.82) is 0 Å². The van der Waals surface area contributed by atoms with E-state index in [9.17, 15) is 0 Å². The molecule has 2 rings (SSSR count). The van der Waals surface area contributed by atoms with Gasteiger partial charge in [-0.25, -0.2) is 0 Å². The summed E-state index contributed by atoms with van der Waals surface area (Å²) in [4.78, 5) is 4.13. The van der Waals surface area contributed by atoms with Crippen LogP contribution in [0, 0.1) is 6.92 Å². The zero-order valence-electron chi connectivity index (χ0n) is 9.44. The molecule has 0 aromatic carbocycles. The van der Waals surface area contributed by atoms with E-state index in [4.69, 9.17) is 14.0 Å². The molecule has 1 aromatic heterocycles. The second-order valence-corrected chi connectivity index (χ2v) is 3.79. The van der Waals surface area contributed by atoms with Gasteiger partial charge in [-0.05, 0) is 13.3 Å². The highest BCUT2D eigenvalue weighted by atomic mass is 16.7. The highest BCUT2D eigenvalue weighted by Gasteiger charge is 2.13. The van der Waals surface area contributed by atoms with Crippen LogP contribution in [-0.2, 0) is 15.9 Å². The Labute approximate surface area is 94.3 Å². The quantitative estimate of drug-likeness (QED) is 0.728. The van der Waals surface area contributed by atoms with Crippen molar-refractivity contribution in [2.75, 3.05) is 26.5 Å². The van der Waals surface area contributed by atoms with Crippen molar-refractivity contribution in [3.8, 4) is 0 Å². The Morgan fingerprint density at radius 2 is 2.44 bits per heavy atom. The second kappa shape index (κ2) is 5.93. The van der Waals surface area contributed by atoms with Gasteiger partial charge in [0.1, 0.15) is 6.79 Å². The summed E-state index contributed by atoms with van der Waals surface area (Å²) in [5.41, 5.74) is 0. The summed E-state index contributed by atoms with van der Waals surface area (Å²) in [5.74, 6) is 1.36. The molecule has 1 aliphatic rings. The van der Waals surface area contributed by atoms with E-state index in [1.165, 1.54) is 0 Å². The number of nitrogens with zero attached hydrogens (tertiary/aromatic N) is 2. The van der Waals surface area contributed by atoms with E-state index >= 15 is 0 Å². The van der Waals surface area contributed by atoms with Crippen molar-refractivity contribution in [3.63, 3.8) is 0 Å². The average Bonchev–Trinajstić information content (AvgIpc) is 2.72. The topological polar surface area (TPSA) is 69.4 Å². The van der Waals surface area contributed by atoms with Crippen molar-refractivity contribution in [3.05, 3.63) is 11.7 Å². The van der Waals surface area contributed by atoms with Gasteiger partial charge in [-0.2, -0.15) is 4.98 Å². The Balaban J connectivity index is 1.57. The third-order valence-corrected chi connectivity index (χ3v) is 2.43. The van der Waals surface area contributed by atoms with Crippen LogP contribution >= 0.6 is 0 Å². The summed E-state index contributed by atoms with van der Waals surface area (Å²) in [6.07, 6.45) is 1.97. The molecule has 0 saturated carbocycles. The molecule has 0 aliphatic carbocycles. The summed E-state index contributed by atoms with van der Waals surface area (Å²) in [5, 5.41) is 7.03. The first kappa shape index (κ1) is 11.5. The standard InChI is InChI=1S/C10H17N3O3/c1-8-12-10(16-13-8)2-4-11-6-9-3-5-14-7-15-9/h9,11H,2-7H2,1H3. The lowest BCUT2D eigenvalue weighted by Gasteiger charge is -2.22. The third kappa shape index (κ3) is 3.55. The highest BCUT2D eigenvalue weighted by Crippen LogP contribution is 2.04. The summed E-state index contributed by atoms with van der Waals surface area (Å²) in [6.45, 7) is 4.68. The monoisotopic (exact) mass is 227 g/mol. The van der Waals surface area contributed by atoms with E-state index < -0.39 is 0 Å². The molecule has 1 aromatic rings. The molecule has 1 N–H and O–H groups in total. The van der Waals surface area contributed by atoms with Gasteiger partial charge in [0.25, 0.3) is 0 Å². The maximum absolute atomic E-state index is 5.40. The number of ether oxygens (including phenoxy) is 2. The number of hydrogen-bond donors (Lipinski definition) is 1. The molecule has 1 unspecified atom stereocenters. The largest absolute Gasteiger partial charge is 0.355 e. The smallest absolute Gasteiger partial charge is 0.227 e. The van der Waals surface area contributed by atoms with Gasteiger partial charge in [0.2, 0.25) is 5.89 Å². The Morgan fingerprint density at radius 3 is 3.12 bits per heavy atom. The van der Waals surface area contributed by atoms with E-state index in [1.807, 2.05) is 6.92 Å². The molecule has 90 valence electrons. The van der Waals surface area contributed by atoms with E-state index in [-0.39, 0.29) is 6.10 Å². The molecule has 0 spiro atoms. The number of rotatable bonds is 5. The third-order valence-electron chi connectivity index (χ3n) is 2.43. The van der Waals surface area contributed by atoms with Crippen LogP contribution in [-0.4, -0.2) is 42.7 Å². The van der Waals surface area contributed by atoms with Crippen molar-refractivity contribution >= 4 is 0 Å². The van der Waals surface area contributed by atoms with Gasteiger partial charge in [0, 0.05) is 19.5 Å². The van der Waals surface area contributed by atoms with Gasteiger partial charge in [-0.3, -0.25) is 0 Å². The predicted octanol–water partition coefficient (Wildman–Crippen LogP) is 0.273. The van der Waals surface area contributed by atoms with Crippen molar-refractivity contribution in [2.45, 2.75) is 25.9 Å². The molecule has 0 bridgehead atoms. The fourth-order valence-corrected chi connectivity index (χ4v) is 1.56. The van der Waals surface area contributed by atoms with Crippen LogP contribution in [0.15, 0.2) is 4.52 Å². The van der Waals surface area contributed by atoms with E-state index in [0.717, 1.165) is 32.5 Å². The molecule has 6 nitrogen and oxygen atoms in total. The molecule has 0 radical (unpaired) electrons. The Hall–Kier alpha value is -0.980. The molecular weight excluding hydrogens is 210 g/mol. The number of aryl methyl sites for hydroxylation is 1. The fraction of sp³-hybridized carbons (Fsp3) is 0.800. The van der Waals surface area contributed by atoms with Crippen LogP contribution in [0.5, 0.6) is 0 Å². The van der Waals surface area contributed by atoms with Crippen LogP contribution in [0.1, 0.15) is 18.1 Å². The van der Waals surface area contributed by atoms with Crippen LogP contribution < -0.4 is 5.32 Å². The lowest BCUT2D eigenvalue weighted by molar-refractivity contribution is -0.137. The summed E-state index contributed by atoms with van der Waals surface area (Å²) < 4.78 is 15.5. The molecule has 16 heavy (non-hydrogen) atoms. The van der Waals surface area contributed by atoms with Gasteiger partial charge in [-0.1, -0.05) is 5.16 Å². The zero-order valence-corrected chi connectivity index (χ0v) is 9.44. The molecule has 1 fully saturated rings. The Morgan fingerprint density at radius 1 is 1.50 bits per heavy atom. The Bertz CT molecular complexity index is 310. The van der Waals surface area contributed by atoms with Crippen LogP contribution in [0.3, 0.4) is 0 Å². The molecule has 1 atom stereocenters. The molecule has 6 heteroatoms. The van der Waals surface area contributed by atoms with E-state index in [0.29, 0.717) is 18.5 Å². The van der Waals surface area contributed by atoms with Crippen LogP contribution in [0.2, 0.25) is 0 Å². The molecule has 0 amide bonds. The van der Waals surface area contributed by atoms with Crippen LogP contribution in [0.25, 0.3) is 0 Å². The molecule has 2 heterocycles. The summed E-state index contributed by atoms with van der Waals surface area (Å²) in [7, 11) is 0. The van der Waals surface area contributed by atoms with Gasteiger partial charge >= 0.3 is 0 Å². The van der Waals surface area contributed by atoms with Gasteiger partial charge < -0.3 is 19.3 Å².